The van der Waals surface area contributed by atoms with Gasteiger partial charge in [-0.05, 0) is 50.3 Å². The second-order valence-corrected chi connectivity index (χ2v) is 7.03. The second kappa shape index (κ2) is 6.50. The fourth-order valence-electron chi connectivity index (χ4n) is 4.18. The largest absolute Gasteiger partial charge is 0.481 e. The smallest absolute Gasteiger partial charge is 0.261 e. The number of nitrogens with zero attached hydrogens (tertiary/aromatic N) is 3. The highest BCUT2D eigenvalue weighted by atomic mass is 19.1. The van der Waals surface area contributed by atoms with Gasteiger partial charge < -0.3 is 9.64 Å². The van der Waals surface area contributed by atoms with Crippen molar-refractivity contribution in [3.8, 4) is 5.75 Å². The molecule has 132 valence electrons. The van der Waals surface area contributed by atoms with Gasteiger partial charge in [0.05, 0.1) is 12.2 Å². The number of aryl methyl sites for hydroxylation is 1. The van der Waals surface area contributed by atoms with Gasteiger partial charge in [-0.2, -0.15) is 5.10 Å². The predicted molar refractivity (Wildman–Crippen MR) is 90.8 cm³/mol. The van der Waals surface area contributed by atoms with E-state index in [2.05, 4.69) is 11.3 Å². The number of ether oxygens (including phenoxy) is 1. The molecule has 2 bridgehead atoms. The summed E-state index contributed by atoms with van der Waals surface area (Å²) in [6, 6.07) is 6.98. The van der Waals surface area contributed by atoms with E-state index < -0.39 is 5.82 Å². The zero-order chi connectivity index (χ0) is 17.4. The number of benzene rings is 1. The molecule has 0 N–H and O–H groups in total. The van der Waals surface area contributed by atoms with Crippen LogP contribution < -0.4 is 4.74 Å². The number of carbonyl (C=O) groups is 1. The number of aromatic nitrogens is 2. The summed E-state index contributed by atoms with van der Waals surface area (Å²) in [5.74, 6) is -0.359. The first kappa shape index (κ1) is 16.1. The van der Waals surface area contributed by atoms with Gasteiger partial charge in [0.2, 0.25) is 0 Å². The SMILES string of the molecule is Cc1cnn(C2CC3CCC(C2)N3C(=O)COc2ccccc2F)c1. The minimum atomic E-state index is -0.439. The van der Waals surface area contributed by atoms with Crippen molar-refractivity contribution in [1.29, 1.82) is 0 Å². The molecule has 0 radical (unpaired) electrons. The monoisotopic (exact) mass is 343 g/mol. The van der Waals surface area contributed by atoms with Crippen molar-refractivity contribution in [2.45, 2.75) is 50.7 Å². The molecule has 2 aliphatic heterocycles. The van der Waals surface area contributed by atoms with Gasteiger partial charge in [0.25, 0.3) is 5.91 Å². The molecular weight excluding hydrogens is 321 g/mol. The van der Waals surface area contributed by atoms with Crippen molar-refractivity contribution in [3.63, 3.8) is 0 Å². The summed E-state index contributed by atoms with van der Waals surface area (Å²) in [5, 5.41) is 4.44. The van der Waals surface area contributed by atoms with Gasteiger partial charge in [0.1, 0.15) is 0 Å². The zero-order valence-corrected chi connectivity index (χ0v) is 14.3. The lowest BCUT2D eigenvalue weighted by Crippen LogP contribution is -2.48. The highest BCUT2D eigenvalue weighted by Crippen LogP contribution is 2.40. The maximum atomic E-state index is 13.6. The molecule has 2 unspecified atom stereocenters. The number of para-hydroxylation sites is 1. The zero-order valence-electron chi connectivity index (χ0n) is 14.3. The lowest BCUT2D eigenvalue weighted by molar-refractivity contribution is -0.138. The fraction of sp³-hybridized carbons (Fsp3) is 0.474. The minimum absolute atomic E-state index is 0.0501. The first-order valence-corrected chi connectivity index (χ1v) is 8.81. The lowest BCUT2D eigenvalue weighted by atomic mass is 9.97. The van der Waals surface area contributed by atoms with Crippen LogP contribution in [0.4, 0.5) is 4.39 Å². The van der Waals surface area contributed by atoms with E-state index in [1.807, 2.05) is 22.7 Å². The summed E-state index contributed by atoms with van der Waals surface area (Å²) >= 11 is 0. The molecule has 5 nitrogen and oxygen atoms in total. The molecule has 2 saturated heterocycles. The number of rotatable bonds is 4. The van der Waals surface area contributed by atoms with Crippen molar-refractivity contribution in [1.82, 2.24) is 14.7 Å². The van der Waals surface area contributed by atoms with Gasteiger partial charge >= 0.3 is 0 Å². The summed E-state index contributed by atoms with van der Waals surface area (Å²) < 4.78 is 21.1. The van der Waals surface area contributed by atoms with Gasteiger partial charge in [-0.15, -0.1) is 0 Å². The van der Waals surface area contributed by atoms with Gasteiger partial charge in [-0.1, -0.05) is 12.1 Å². The molecule has 2 aliphatic rings. The first-order chi connectivity index (χ1) is 12.1. The normalized spacial score (nSPS) is 25.2. The quantitative estimate of drug-likeness (QED) is 0.857. The van der Waals surface area contributed by atoms with E-state index in [1.54, 1.807) is 18.2 Å². The Bertz CT molecular complexity index is 762. The molecule has 2 fully saturated rings. The molecule has 1 amide bonds. The average molecular weight is 343 g/mol. The van der Waals surface area contributed by atoms with Gasteiger partial charge in [0.15, 0.2) is 18.2 Å². The van der Waals surface area contributed by atoms with E-state index in [0.717, 1.165) is 31.2 Å². The Morgan fingerprint density at radius 2 is 1.96 bits per heavy atom. The highest BCUT2D eigenvalue weighted by Gasteiger charge is 2.43. The first-order valence-electron chi connectivity index (χ1n) is 8.81. The number of piperidine rings is 1. The number of halogens is 1. The Morgan fingerprint density at radius 1 is 1.24 bits per heavy atom. The van der Waals surface area contributed by atoms with Crippen LogP contribution in [0.3, 0.4) is 0 Å². The summed E-state index contributed by atoms with van der Waals surface area (Å²) in [5.41, 5.74) is 1.16. The van der Waals surface area contributed by atoms with Crippen molar-refractivity contribution in [2.75, 3.05) is 6.61 Å². The molecule has 2 atom stereocenters. The van der Waals surface area contributed by atoms with Crippen LogP contribution >= 0.6 is 0 Å². The summed E-state index contributed by atoms with van der Waals surface area (Å²) in [6.45, 7) is 1.93. The average Bonchev–Trinajstić information content (AvgIpc) is 3.15. The van der Waals surface area contributed by atoms with E-state index in [0.29, 0.717) is 6.04 Å². The summed E-state index contributed by atoms with van der Waals surface area (Å²) in [4.78, 5) is 14.6. The Balaban J connectivity index is 1.40. The number of amides is 1. The Labute approximate surface area is 146 Å². The third-order valence-corrected chi connectivity index (χ3v) is 5.29. The molecule has 4 rings (SSSR count). The van der Waals surface area contributed by atoms with Gasteiger partial charge in [-0.25, -0.2) is 4.39 Å². The van der Waals surface area contributed by atoms with Crippen LogP contribution in [0.1, 0.15) is 37.3 Å². The highest BCUT2D eigenvalue weighted by molar-refractivity contribution is 5.79. The predicted octanol–water partition coefficient (Wildman–Crippen LogP) is 3.10. The van der Waals surface area contributed by atoms with Crippen LogP contribution in [0, 0.1) is 12.7 Å². The Morgan fingerprint density at radius 3 is 2.60 bits per heavy atom. The molecule has 0 aliphatic carbocycles. The number of hydrogen-bond donors (Lipinski definition) is 0. The lowest BCUT2D eigenvalue weighted by Gasteiger charge is -2.39. The molecular formula is C19H22FN3O2. The van der Waals surface area contributed by atoms with E-state index in [4.69, 9.17) is 4.74 Å². The number of carbonyl (C=O) groups excluding carboxylic acids is 1. The second-order valence-electron chi connectivity index (χ2n) is 7.03. The van der Waals surface area contributed by atoms with Crippen LogP contribution in [0.5, 0.6) is 5.75 Å². The third kappa shape index (κ3) is 3.13. The standard InChI is InChI=1S/C19H22FN3O2/c1-13-10-21-22(11-13)16-8-14-6-7-15(9-16)23(14)19(24)12-25-18-5-3-2-4-17(18)20/h2-5,10-11,14-16H,6-9,12H2,1H3. The maximum absolute atomic E-state index is 13.6. The van der Waals surface area contributed by atoms with Crippen LogP contribution in [-0.2, 0) is 4.79 Å². The van der Waals surface area contributed by atoms with Crippen LogP contribution in [0.25, 0.3) is 0 Å². The number of hydrogen-bond acceptors (Lipinski definition) is 3. The molecule has 6 heteroatoms. The summed E-state index contributed by atoms with van der Waals surface area (Å²) in [6.07, 6.45) is 7.83. The molecule has 1 aromatic carbocycles. The number of fused-ring (bicyclic) bond motifs is 2. The third-order valence-electron chi connectivity index (χ3n) is 5.29. The van der Waals surface area contributed by atoms with Crippen LogP contribution in [-0.4, -0.2) is 39.3 Å². The molecule has 1 aromatic heterocycles. The van der Waals surface area contributed by atoms with Crippen molar-refractivity contribution in [2.24, 2.45) is 0 Å². The Kier molecular flexibility index (Phi) is 4.19. The van der Waals surface area contributed by atoms with Crippen molar-refractivity contribution >= 4 is 5.91 Å². The molecule has 25 heavy (non-hydrogen) atoms. The van der Waals surface area contributed by atoms with E-state index in [9.17, 15) is 9.18 Å². The molecule has 3 heterocycles. The fourth-order valence-corrected chi connectivity index (χ4v) is 4.18. The summed E-state index contributed by atoms with van der Waals surface area (Å²) in [7, 11) is 0. The molecule has 2 aromatic rings. The van der Waals surface area contributed by atoms with E-state index in [1.165, 1.54) is 6.07 Å². The topological polar surface area (TPSA) is 47.4 Å². The van der Waals surface area contributed by atoms with Gasteiger partial charge in [-0.3, -0.25) is 9.48 Å². The van der Waals surface area contributed by atoms with E-state index >= 15 is 0 Å². The Hall–Kier alpha value is -2.37. The van der Waals surface area contributed by atoms with Crippen LogP contribution in [0.15, 0.2) is 36.7 Å². The van der Waals surface area contributed by atoms with E-state index in [-0.39, 0.29) is 30.3 Å². The van der Waals surface area contributed by atoms with Gasteiger partial charge in [0, 0.05) is 18.3 Å². The van der Waals surface area contributed by atoms with Crippen LogP contribution in [0.2, 0.25) is 0 Å². The molecule has 0 saturated carbocycles. The van der Waals surface area contributed by atoms with Crippen molar-refractivity contribution < 1.29 is 13.9 Å². The molecule has 0 spiro atoms. The maximum Gasteiger partial charge on any atom is 0.261 e. The van der Waals surface area contributed by atoms with Crippen molar-refractivity contribution in [3.05, 3.63) is 48.0 Å². The minimum Gasteiger partial charge on any atom is -0.481 e.